The van der Waals surface area contributed by atoms with E-state index in [1.54, 1.807) is 11.3 Å². The number of aryl methyl sites for hydroxylation is 1. The van der Waals surface area contributed by atoms with E-state index in [9.17, 15) is 0 Å². The number of nitrogens with one attached hydrogen (secondary N) is 1. The molecular weight excluding hydrogens is 258 g/mol. The molecule has 1 aromatic heterocycles. The van der Waals surface area contributed by atoms with Crippen LogP contribution < -0.4 is 5.32 Å². The van der Waals surface area contributed by atoms with E-state index in [0.717, 1.165) is 29.4 Å². The summed E-state index contributed by atoms with van der Waals surface area (Å²) in [6.07, 6.45) is 2.07. The van der Waals surface area contributed by atoms with Crippen molar-refractivity contribution in [3.05, 3.63) is 10.0 Å². The van der Waals surface area contributed by atoms with Crippen LogP contribution in [0.15, 0.2) is 0 Å². The van der Waals surface area contributed by atoms with Crippen LogP contribution in [0.3, 0.4) is 0 Å². The first-order valence-electron chi connectivity index (χ1n) is 6.86. The molecule has 1 N–H and O–H groups in total. The molecule has 0 atom stereocenters. The Morgan fingerprint density at radius 2 is 1.68 bits per heavy atom. The Morgan fingerprint density at radius 1 is 1.05 bits per heavy atom. The summed E-state index contributed by atoms with van der Waals surface area (Å²) >= 11 is 1.66. The quantitative estimate of drug-likeness (QED) is 0.816. The third-order valence-corrected chi connectivity index (χ3v) is 3.32. The second-order valence-electron chi connectivity index (χ2n) is 6.77. The lowest BCUT2D eigenvalue weighted by molar-refractivity contribution is -0.0152. The topological polar surface area (TPSA) is 47.0 Å². The summed E-state index contributed by atoms with van der Waals surface area (Å²) in [4.78, 5) is 0. The van der Waals surface area contributed by atoms with Gasteiger partial charge in [-0.1, -0.05) is 11.3 Å². The largest absolute Gasteiger partial charge is 0.369 e. The van der Waals surface area contributed by atoms with E-state index in [1.165, 1.54) is 0 Å². The Balaban J connectivity index is 2.27. The van der Waals surface area contributed by atoms with Crippen molar-refractivity contribution in [1.29, 1.82) is 0 Å². The third-order valence-electron chi connectivity index (χ3n) is 2.36. The van der Waals surface area contributed by atoms with Crippen LogP contribution >= 0.6 is 11.3 Å². The maximum atomic E-state index is 5.69. The minimum absolute atomic E-state index is 0.123. The fraction of sp³-hybridized carbons (Fsp3) is 0.857. The molecule has 0 amide bonds. The average Bonchev–Trinajstić information content (AvgIpc) is 2.67. The standard InChI is InChI=1S/C14H27N3OS/c1-13(2,3)15-9-7-8-11-16-17-12(19-11)10-18-14(4,5)6/h15H,7-10H2,1-6H3. The monoisotopic (exact) mass is 285 g/mol. The molecule has 0 bridgehead atoms. The zero-order valence-electron chi connectivity index (χ0n) is 13.0. The van der Waals surface area contributed by atoms with Gasteiger partial charge < -0.3 is 10.1 Å². The first-order chi connectivity index (χ1) is 8.66. The van der Waals surface area contributed by atoms with Gasteiger partial charge in [0, 0.05) is 12.0 Å². The zero-order chi connectivity index (χ0) is 14.5. The zero-order valence-corrected chi connectivity index (χ0v) is 13.9. The molecule has 0 aliphatic heterocycles. The Hall–Kier alpha value is -0.520. The predicted molar refractivity (Wildman–Crippen MR) is 80.5 cm³/mol. The summed E-state index contributed by atoms with van der Waals surface area (Å²) in [7, 11) is 0. The number of rotatable bonds is 6. The average molecular weight is 285 g/mol. The summed E-state index contributed by atoms with van der Waals surface area (Å²) in [5, 5.41) is 13.9. The van der Waals surface area contributed by atoms with Crippen molar-refractivity contribution in [2.24, 2.45) is 0 Å². The highest BCUT2D eigenvalue weighted by Gasteiger charge is 2.13. The summed E-state index contributed by atoms with van der Waals surface area (Å²) < 4.78 is 5.69. The Bertz CT molecular complexity index is 377. The van der Waals surface area contributed by atoms with E-state index >= 15 is 0 Å². The lowest BCUT2D eigenvalue weighted by Gasteiger charge is -2.20. The second-order valence-corrected chi connectivity index (χ2v) is 7.92. The van der Waals surface area contributed by atoms with Gasteiger partial charge in [-0.2, -0.15) is 0 Å². The van der Waals surface area contributed by atoms with E-state index < -0.39 is 0 Å². The molecule has 4 nitrogen and oxygen atoms in total. The molecule has 0 radical (unpaired) electrons. The molecule has 1 aromatic rings. The number of nitrogens with zero attached hydrogens (tertiary/aromatic N) is 2. The van der Waals surface area contributed by atoms with Crippen LogP contribution in [0.2, 0.25) is 0 Å². The van der Waals surface area contributed by atoms with Gasteiger partial charge in [0.2, 0.25) is 0 Å². The van der Waals surface area contributed by atoms with Crippen molar-refractivity contribution < 1.29 is 4.74 Å². The third kappa shape index (κ3) is 8.29. The van der Waals surface area contributed by atoms with Gasteiger partial charge in [0.05, 0.1) is 5.60 Å². The van der Waals surface area contributed by atoms with Crippen LogP contribution in [-0.2, 0) is 17.8 Å². The summed E-state index contributed by atoms with van der Waals surface area (Å²) in [6, 6.07) is 0. The van der Waals surface area contributed by atoms with Gasteiger partial charge >= 0.3 is 0 Å². The minimum atomic E-state index is -0.123. The molecule has 0 unspecified atom stereocenters. The Labute approximate surface area is 121 Å². The molecule has 0 fully saturated rings. The van der Waals surface area contributed by atoms with Crippen molar-refractivity contribution in [2.75, 3.05) is 6.54 Å². The molecule has 5 heteroatoms. The predicted octanol–water partition coefficient (Wildman–Crippen LogP) is 3.17. The highest BCUT2D eigenvalue weighted by atomic mass is 32.1. The van der Waals surface area contributed by atoms with Gasteiger partial charge in [0.1, 0.15) is 16.6 Å². The molecule has 1 rings (SSSR count). The normalized spacial score (nSPS) is 12.9. The lowest BCUT2D eigenvalue weighted by atomic mass is 10.1. The van der Waals surface area contributed by atoms with Gasteiger partial charge in [-0.3, -0.25) is 0 Å². The number of aromatic nitrogens is 2. The van der Waals surface area contributed by atoms with Crippen LogP contribution in [-0.4, -0.2) is 27.9 Å². The van der Waals surface area contributed by atoms with Crippen molar-refractivity contribution in [3.8, 4) is 0 Å². The summed E-state index contributed by atoms with van der Waals surface area (Å²) in [6.45, 7) is 14.3. The summed E-state index contributed by atoms with van der Waals surface area (Å²) in [5.74, 6) is 0. The van der Waals surface area contributed by atoms with E-state index in [4.69, 9.17) is 4.74 Å². The minimum Gasteiger partial charge on any atom is -0.369 e. The molecule has 110 valence electrons. The smallest absolute Gasteiger partial charge is 0.143 e. The molecule has 0 aliphatic carbocycles. The van der Waals surface area contributed by atoms with Crippen molar-refractivity contribution in [3.63, 3.8) is 0 Å². The fourth-order valence-electron chi connectivity index (χ4n) is 1.43. The number of hydrogen-bond donors (Lipinski definition) is 1. The molecule has 0 aromatic carbocycles. The van der Waals surface area contributed by atoms with Gasteiger partial charge in [-0.15, -0.1) is 10.2 Å². The van der Waals surface area contributed by atoms with E-state index in [1.807, 2.05) is 20.8 Å². The Kier molecular flexibility index (Phi) is 5.89. The number of hydrogen-bond acceptors (Lipinski definition) is 5. The highest BCUT2D eigenvalue weighted by molar-refractivity contribution is 7.11. The first kappa shape index (κ1) is 16.5. The van der Waals surface area contributed by atoms with E-state index in [2.05, 4.69) is 36.3 Å². The maximum absolute atomic E-state index is 5.69. The lowest BCUT2D eigenvalue weighted by Crippen LogP contribution is -2.36. The van der Waals surface area contributed by atoms with Crippen LogP contribution in [0, 0.1) is 0 Å². The molecule has 0 aliphatic rings. The highest BCUT2D eigenvalue weighted by Crippen LogP contribution is 2.16. The SMILES string of the molecule is CC(C)(C)NCCCc1nnc(COC(C)(C)C)s1. The van der Waals surface area contributed by atoms with Crippen LogP contribution in [0.1, 0.15) is 58.0 Å². The summed E-state index contributed by atoms with van der Waals surface area (Å²) in [5.41, 5.74) is 0.0648. The molecule has 0 spiro atoms. The van der Waals surface area contributed by atoms with Crippen LogP contribution in [0.5, 0.6) is 0 Å². The molecule has 0 saturated carbocycles. The first-order valence-corrected chi connectivity index (χ1v) is 7.68. The van der Waals surface area contributed by atoms with E-state index in [-0.39, 0.29) is 11.1 Å². The molecule has 1 heterocycles. The maximum Gasteiger partial charge on any atom is 0.143 e. The number of ether oxygens (including phenoxy) is 1. The molecule has 19 heavy (non-hydrogen) atoms. The van der Waals surface area contributed by atoms with Gasteiger partial charge in [0.25, 0.3) is 0 Å². The van der Waals surface area contributed by atoms with Crippen molar-refractivity contribution in [1.82, 2.24) is 15.5 Å². The van der Waals surface area contributed by atoms with Gasteiger partial charge in [-0.25, -0.2) is 0 Å². The van der Waals surface area contributed by atoms with Crippen LogP contribution in [0.25, 0.3) is 0 Å². The molecular formula is C14H27N3OS. The fourth-order valence-corrected chi connectivity index (χ4v) is 2.23. The Morgan fingerprint density at radius 3 is 2.26 bits per heavy atom. The van der Waals surface area contributed by atoms with Crippen molar-refractivity contribution >= 4 is 11.3 Å². The van der Waals surface area contributed by atoms with E-state index in [0.29, 0.717) is 6.61 Å². The van der Waals surface area contributed by atoms with Gasteiger partial charge in [-0.05, 0) is 54.5 Å². The van der Waals surface area contributed by atoms with Crippen LogP contribution in [0.4, 0.5) is 0 Å². The molecule has 0 saturated heterocycles. The van der Waals surface area contributed by atoms with Gasteiger partial charge in [0.15, 0.2) is 0 Å². The van der Waals surface area contributed by atoms with Crippen molar-refractivity contribution in [2.45, 2.75) is 72.1 Å². The second kappa shape index (κ2) is 6.77.